The second-order valence-electron chi connectivity index (χ2n) is 4.71. The van der Waals surface area contributed by atoms with E-state index in [1.165, 1.54) is 0 Å². The van der Waals surface area contributed by atoms with Crippen molar-refractivity contribution in [3.8, 4) is 6.07 Å². The van der Waals surface area contributed by atoms with Gasteiger partial charge in [0.25, 0.3) is 0 Å². The van der Waals surface area contributed by atoms with E-state index in [-0.39, 0.29) is 5.78 Å². The van der Waals surface area contributed by atoms with Gasteiger partial charge in [-0.15, -0.1) is 0 Å². The molecule has 1 heterocycles. The second-order valence-corrected chi connectivity index (χ2v) is 4.71. The summed E-state index contributed by atoms with van der Waals surface area (Å²) >= 11 is 0. The molecule has 4 nitrogen and oxygen atoms in total. The van der Waals surface area contributed by atoms with E-state index in [9.17, 15) is 15.2 Å². The molecular formula is C16H12N2O2. The maximum absolute atomic E-state index is 12.8. The first kappa shape index (κ1) is 12.4. The molecule has 2 aromatic carbocycles. The zero-order valence-electron chi connectivity index (χ0n) is 10.6. The summed E-state index contributed by atoms with van der Waals surface area (Å²) in [5.41, 5.74) is -0.160. The molecule has 2 aromatic rings. The minimum absolute atomic E-state index is 0.381. The van der Waals surface area contributed by atoms with Crippen LogP contribution in [0.1, 0.15) is 15.9 Å². The van der Waals surface area contributed by atoms with Crippen LogP contribution in [0.15, 0.2) is 54.6 Å². The van der Waals surface area contributed by atoms with E-state index >= 15 is 0 Å². The third-order valence-electron chi connectivity index (χ3n) is 3.64. The number of fused-ring (bicyclic) bond motifs is 1. The number of carbonyl (C=O) groups excluding carboxylic acids is 1. The standard InChI is InChI=1S/C16H12N2O2/c17-10-16(11-6-2-1-3-7-11)14(19)12-8-4-5-9-13(12)18-15(16)20/h1-9,15,18,20H/t15-,16+/m1/s1. The van der Waals surface area contributed by atoms with Gasteiger partial charge in [0.1, 0.15) is 0 Å². The Balaban J connectivity index is 2.23. The summed E-state index contributed by atoms with van der Waals surface area (Å²) in [6, 6.07) is 17.5. The van der Waals surface area contributed by atoms with Crippen LogP contribution in [0.2, 0.25) is 0 Å². The Bertz CT molecular complexity index is 706. The molecule has 1 aliphatic rings. The molecule has 0 saturated carbocycles. The van der Waals surface area contributed by atoms with Crippen LogP contribution >= 0.6 is 0 Å². The van der Waals surface area contributed by atoms with E-state index in [1.54, 1.807) is 54.6 Å². The molecule has 0 bridgehead atoms. The Morgan fingerprint density at radius 2 is 1.75 bits per heavy atom. The summed E-state index contributed by atoms with van der Waals surface area (Å²) in [5.74, 6) is -0.381. The Labute approximate surface area is 116 Å². The fourth-order valence-corrected chi connectivity index (χ4v) is 2.57. The van der Waals surface area contributed by atoms with Gasteiger partial charge in [0.05, 0.1) is 6.07 Å². The van der Waals surface area contributed by atoms with Crippen LogP contribution in [0.3, 0.4) is 0 Å². The highest BCUT2D eigenvalue weighted by Crippen LogP contribution is 2.38. The van der Waals surface area contributed by atoms with Crippen molar-refractivity contribution in [3.05, 3.63) is 65.7 Å². The average molecular weight is 264 g/mol. The number of rotatable bonds is 1. The smallest absolute Gasteiger partial charge is 0.194 e. The van der Waals surface area contributed by atoms with Gasteiger partial charge in [-0.1, -0.05) is 42.5 Å². The number of para-hydroxylation sites is 1. The number of aliphatic hydroxyl groups excluding tert-OH is 1. The normalized spacial score (nSPS) is 24.4. The molecule has 0 amide bonds. The lowest BCUT2D eigenvalue weighted by Gasteiger charge is -2.36. The van der Waals surface area contributed by atoms with Gasteiger partial charge in [-0.25, -0.2) is 0 Å². The van der Waals surface area contributed by atoms with Crippen molar-refractivity contribution >= 4 is 11.5 Å². The van der Waals surface area contributed by atoms with E-state index < -0.39 is 11.6 Å². The lowest BCUT2D eigenvalue weighted by Crippen LogP contribution is -2.52. The maximum atomic E-state index is 12.8. The van der Waals surface area contributed by atoms with E-state index in [1.807, 2.05) is 6.07 Å². The Morgan fingerprint density at radius 1 is 1.10 bits per heavy atom. The molecule has 4 heteroatoms. The van der Waals surface area contributed by atoms with Gasteiger partial charge in [-0.05, 0) is 17.7 Å². The second kappa shape index (κ2) is 4.48. The van der Waals surface area contributed by atoms with Crippen LogP contribution in [0.25, 0.3) is 0 Å². The highest BCUT2D eigenvalue weighted by Gasteiger charge is 2.51. The first-order chi connectivity index (χ1) is 9.70. The zero-order valence-corrected chi connectivity index (χ0v) is 10.6. The molecule has 0 aromatic heterocycles. The van der Waals surface area contributed by atoms with Gasteiger partial charge in [-0.3, -0.25) is 4.79 Å². The molecule has 2 N–H and O–H groups in total. The fraction of sp³-hybridized carbons (Fsp3) is 0.125. The molecule has 0 aliphatic carbocycles. The van der Waals surface area contributed by atoms with Crippen LogP contribution < -0.4 is 5.32 Å². The van der Waals surface area contributed by atoms with E-state index in [2.05, 4.69) is 5.32 Å². The summed E-state index contributed by atoms with van der Waals surface area (Å²) in [6.45, 7) is 0. The van der Waals surface area contributed by atoms with E-state index in [4.69, 9.17) is 0 Å². The minimum atomic E-state index is -1.62. The molecule has 98 valence electrons. The molecule has 0 radical (unpaired) electrons. The molecule has 0 unspecified atom stereocenters. The number of nitriles is 1. The third kappa shape index (κ3) is 1.54. The van der Waals surface area contributed by atoms with Crippen molar-refractivity contribution in [3.63, 3.8) is 0 Å². The highest BCUT2D eigenvalue weighted by molar-refractivity contribution is 6.12. The largest absolute Gasteiger partial charge is 0.371 e. The fourth-order valence-electron chi connectivity index (χ4n) is 2.57. The number of nitrogens with zero attached hydrogens (tertiary/aromatic N) is 1. The number of hydrogen-bond donors (Lipinski definition) is 2. The van der Waals surface area contributed by atoms with Crippen molar-refractivity contribution in [1.29, 1.82) is 5.26 Å². The molecule has 3 rings (SSSR count). The molecule has 2 atom stereocenters. The van der Waals surface area contributed by atoms with Gasteiger partial charge in [0, 0.05) is 11.3 Å². The molecule has 1 aliphatic heterocycles. The summed E-state index contributed by atoms with van der Waals surface area (Å²) in [6.07, 6.45) is -1.28. The monoisotopic (exact) mass is 264 g/mol. The first-order valence-electron chi connectivity index (χ1n) is 6.25. The molecule has 20 heavy (non-hydrogen) atoms. The van der Waals surface area contributed by atoms with Crippen LogP contribution in [-0.2, 0) is 5.41 Å². The summed E-state index contributed by atoms with van der Waals surface area (Å²) in [5, 5.41) is 22.8. The number of carbonyl (C=O) groups is 1. The molecule has 0 spiro atoms. The minimum Gasteiger partial charge on any atom is -0.371 e. The van der Waals surface area contributed by atoms with Crippen LogP contribution in [0.4, 0.5) is 5.69 Å². The number of benzene rings is 2. The molecular weight excluding hydrogens is 252 g/mol. The van der Waals surface area contributed by atoms with Gasteiger partial charge in [-0.2, -0.15) is 5.26 Å². The van der Waals surface area contributed by atoms with Crippen molar-refractivity contribution < 1.29 is 9.90 Å². The molecule has 0 fully saturated rings. The number of nitrogens with one attached hydrogen (secondary N) is 1. The summed E-state index contributed by atoms with van der Waals surface area (Å²) < 4.78 is 0. The third-order valence-corrected chi connectivity index (χ3v) is 3.64. The summed E-state index contributed by atoms with van der Waals surface area (Å²) in [7, 11) is 0. The van der Waals surface area contributed by atoms with Gasteiger partial charge in [0.2, 0.25) is 0 Å². The van der Waals surface area contributed by atoms with Gasteiger partial charge in [0.15, 0.2) is 17.4 Å². The van der Waals surface area contributed by atoms with Crippen molar-refractivity contribution in [2.24, 2.45) is 0 Å². The topological polar surface area (TPSA) is 73.1 Å². The van der Waals surface area contributed by atoms with Gasteiger partial charge >= 0.3 is 0 Å². The van der Waals surface area contributed by atoms with Crippen molar-refractivity contribution in [2.45, 2.75) is 11.6 Å². The number of ketones is 1. The SMILES string of the molecule is N#C[C@]1(c2ccccc2)C(=O)c2ccccc2N[C@@H]1O. The number of Topliss-reactive ketones (excluding diaryl/α,β-unsaturated/α-hetero) is 1. The van der Waals surface area contributed by atoms with E-state index in [0.29, 0.717) is 16.8 Å². The molecule has 0 saturated heterocycles. The van der Waals surface area contributed by atoms with Crippen LogP contribution in [-0.4, -0.2) is 17.1 Å². The average Bonchev–Trinajstić information content (AvgIpc) is 2.49. The van der Waals surface area contributed by atoms with Gasteiger partial charge < -0.3 is 10.4 Å². The number of aliphatic hydroxyl groups is 1. The Morgan fingerprint density at radius 3 is 2.45 bits per heavy atom. The number of hydrogen-bond acceptors (Lipinski definition) is 4. The van der Waals surface area contributed by atoms with Crippen molar-refractivity contribution in [2.75, 3.05) is 5.32 Å². The zero-order chi connectivity index (χ0) is 14.2. The highest BCUT2D eigenvalue weighted by atomic mass is 16.3. The van der Waals surface area contributed by atoms with Crippen LogP contribution in [0.5, 0.6) is 0 Å². The predicted octanol–water partition coefficient (Wildman–Crippen LogP) is 2.07. The van der Waals surface area contributed by atoms with Crippen molar-refractivity contribution in [1.82, 2.24) is 0 Å². The lowest BCUT2D eigenvalue weighted by molar-refractivity contribution is 0.0729. The lowest BCUT2D eigenvalue weighted by atomic mass is 9.71. The van der Waals surface area contributed by atoms with Crippen LogP contribution in [0, 0.1) is 11.3 Å². The first-order valence-corrected chi connectivity index (χ1v) is 6.25. The maximum Gasteiger partial charge on any atom is 0.194 e. The predicted molar refractivity (Wildman–Crippen MR) is 74.1 cm³/mol. The summed E-state index contributed by atoms with van der Waals surface area (Å²) in [4.78, 5) is 12.8. The number of anilines is 1. The Hall–Kier alpha value is -2.64. The van der Waals surface area contributed by atoms with E-state index in [0.717, 1.165) is 0 Å². The quantitative estimate of drug-likeness (QED) is 0.827. The Kier molecular flexibility index (Phi) is 2.78.